The number of ketones is 1. The van der Waals surface area contributed by atoms with Gasteiger partial charge in [0.2, 0.25) is 11.7 Å². The summed E-state index contributed by atoms with van der Waals surface area (Å²) in [6, 6.07) is 2.35. The predicted octanol–water partition coefficient (Wildman–Crippen LogP) is 4.58. The van der Waals surface area contributed by atoms with Gasteiger partial charge in [-0.2, -0.15) is 0 Å². The molecule has 2 aromatic heterocycles. The van der Waals surface area contributed by atoms with Crippen LogP contribution in [0.2, 0.25) is 0 Å². The fraction of sp³-hybridized carbons (Fsp3) is 0.273. The minimum absolute atomic E-state index is 0.0457. The minimum Gasteiger partial charge on any atom is -0.481 e. The number of nitrogens with one attached hydrogen (secondary N) is 3. The second-order valence-electron chi connectivity index (χ2n) is 6.76. The van der Waals surface area contributed by atoms with Gasteiger partial charge in [0.25, 0.3) is 0 Å². The maximum absolute atomic E-state index is 15.1. The Morgan fingerprint density at radius 3 is 2.88 bits per heavy atom. The molecule has 0 aliphatic carbocycles. The highest BCUT2D eigenvalue weighted by Crippen LogP contribution is 2.30. The lowest BCUT2D eigenvalue weighted by Gasteiger charge is -2.11. The number of fused-ring (bicyclic) bond motifs is 1. The van der Waals surface area contributed by atoms with Crippen molar-refractivity contribution in [2.45, 2.75) is 13.3 Å². The lowest BCUT2D eigenvalue weighted by Crippen LogP contribution is -2.10. The van der Waals surface area contributed by atoms with E-state index in [1.54, 1.807) is 19.2 Å². The van der Waals surface area contributed by atoms with Crippen LogP contribution >= 0.6 is 11.9 Å². The summed E-state index contributed by atoms with van der Waals surface area (Å²) in [7, 11) is 3.12. The lowest BCUT2D eigenvalue weighted by atomic mass is 10.0. The van der Waals surface area contributed by atoms with Gasteiger partial charge >= 0.3 is 0 Å². The first-order valence-electron chi connectivity index (χ1n) is 10.2. The number of carbonyl (C=O) groups excluding carboxylic acids is 1. The second kappa shape index (κ2) is 11.4. The maximum atomic E-state index is 15.1. The van der Waals surface area contributed by atoms with Gasteiger partial charge in [0.15, 0.2) is 5.82 Å². The molecule has 0 amide bonds. The zero-order valence-electron chi connectivity index (χ0n) is 18.4. The van der Waals surface area contributed by atoms with Crippen molar-refractivity contribution in [3.63, 3.8) is 0 Å². The lowest BCUT2D eigenvalue weighted by molar-refractivity contribution is 0.103. The average Bonchev–Trinajstić information content (AvgIpc) is 3.26. The number of benzene rings is 1. The van der Waals surface area contributed by atoms with E-state index in [0.717, 1.165) is 18.2 Å². The Balaban J connectivity index is 1.93. The average molecular weight is 475 g/mol. The number of methoxy groups -OCH3 is 1. The molecule has 0 radical (unpaired) electrons. The van der Waals surface area contributed by atoms with E-state index in [4.69, 9.17) is 4.74 Å². The Morgan fingerprint density at radius 1 is 1.33 bits per heavy atom. The Kier molecular flexibility index (Phi) is 8.36. The summed E-state index contributed by atoms with van der Waals surface area (Å²) in [5, 5.41) is 3.41. The van der Waals surface area contributed by atoms with Crippen molar-refractivity contribution in [3.8, 4) is 0 Å². The summed E-state index contributed by atoms with van der Waals surface area (Å²) >= 11 is 1.28. The molecule has 174 valence electrons. The smallest absolute Gasteiger partial charge is 0.207 e. The van der Waals surface area contributed by atoms with Gasteiger partial charge in [-0.25, -0.2) is 18.7 Å². The first-order valence-corrected chi connectivity index (χ1v) is 11.1. The fourth-order valence-corrected chi connectivity index (χ4v) is 3.65. The number of hydrogen-bond donors (Lipinski definition) is 3. The van der Waals surface area contributed by atoms with E-state index in [9.17, 15) is 9.18 Å². The number of rotatable bonds is 10. The molecular formula is C22H24F2N6O2S. The molecule has 0 saturated carbocycles. The van der Waals surface area contributed by atoms with Gasteiger partial charge in [-0.05, 0) is 24.6 Å². The summed E-state index contributed by atoms with van der Waals surface area (Å²) in [6.07, 6.45) is 7.01. The third-order valence-corrected chi connectivity index (χ3v) is 5.57. The highest BCUT2D eigenvalue weighted by molar-refractivity contribution is 8.00. The summed E-state index contributed by atoms with van der Waals surface area (Å²) < 4.78 is 37.5. The van der Waals surface area contributed by atoms with Crippen molar-refractivity contribution in [2.24, 2.45) is 4.99 Å². The molecule has 3 rings (SSSR count). The fourth-order valence-electron chi connectivity index (χ4n) is 3.03. The topological polar surface area (TPSA) is 104 Å². The third kappa shape index (κ3) is 5.48. The number of anilines is 2. The van der Waals surface area contributed by atoms with Crippen molar-refractivity contribution >= 4 is 46.2 Å². The summed E-state index contributed by atoms with van der Waals surface area (Å²) in [6.45, 7) is 2.32. The van der Waals surface area contributed by atoms with E-state index in [1.807, 2.05) is 6.92 Å². The maximum Gasteiger partial charge on any atom is 0.207 e. The van der Waals surface area contributed by atoms with Gasteiger partial charge in [-0.15, -0.1) is 0 Å². The number of aromatic nitrogens is 3. The molecule has 0 fully saturated rings. The van der Waals surface area contributed by atoms with Gasteiger partial charge in [-0.3, -0.25) is 9.79 Å². The Bertz CT molecular complexity index is 1200. The molecule has 0 atom stereocenters. The molecule has 3 N–H and O–H groups in total. The number of ether oxygens (including phenoxy) is 1. The van der Waals surface area contributed by atoms with E-state index in [1.165, 1.54) is 37.6 Å². The number of aromatic amines is 1. The van der Waals surface area contributed by atoms with Crippen LogP contribution in [0.1, 0.15) is 29.3 Å². The predicted molar refractivity (Wildman–Crippen MR) is 128 cm³/mol. The number of hydrogen-bond acceptors (Lipinski definition) is 8. The number of carbonyl (C=O) groups is 1. The standard InChI is InChI=1S/C22H24F2N6O2S/c1-4-10-33-30-15-8-7-14(23)18(19(15)24)20(31)13-11-27-22-17(13)21(28-12-29-22)26-9-5-6-16(25-2)32-3/h5-8,11-12,30H,4,9-10H2,1-3H3,(H2,26,27,28,29)/b6-5-,25-16+. The molecule has 33 heavy (non-hydrogen) atoms. The van der Waals surface area contributed by atoms with Crippen molar-refractivity contribution < 1.29 is 18.3 Å². The van der Waals surface area contributed by atoms with Gasteiger partial charge in [0.1, 0.15) is 23.6 Å². The van der Waals surface area contributed by atoms with Crippen LogP contribution in [-0.2, 0) is 4.74 Å². The van der Waals surface area contributed by atoms with Crippen LogP contribution in [0.5, 0.6) is 0 Å². The largest absolute Gasteiger partial charge is 0.481 e. The van der Waals surface area contributed by atoms with Crippen molar-refractivity contribution in [3.05, 3.63) is 59.6 Å². The molecule has 0 unspecified atom stereocenters. The Labute approximate surface area is 194 Å². The molecule has 8 nitrogen and oxygen atoms in total. The monoisotopic (exact) mass is 474 g/mol. The zero-order valence-corrected chi connectivity index (χ0v) is 19.2. The van der Waals surface area contributed by atoms with Crippen molar-refractivity contribution in [2.75, 3.05) is 36.5 Å². The Hall–Kier alpha value is -3.47. The van der Waals surface area contributed by atoms with E-state index < -0.39 is 23.0 Å². The van der Waals surface area contributed by atoms with E-state index >= 15 is 4.39 Å². The summed E-state index contributed by atoms with van der Waals surface area (Å²) in [4.78, 5) is 28.3. The number of halogens is 2. The summed E-state index contributed by atoms with van der Waals surface area (Å²) in [5.74, 6) is -1.18. The quantitative estimate of drug-likeness (QED) is 0.130. The number of aliphatic imine (C=N–C) groups is 1. The number of nitrogens with zero attached hydrogens (tertiary/aromatic N) is 3. The van der Waals surface area contributed by atoms with Gasteiger partial charge in [-0.1, -0.05) is 24.9 Å². The van der Waals surface area contributed by atoms with Crippen LogP contribution in [0, 0.1) is 11.6 Å². The van der Waals surface area contributed by atoms with Crippen molar-refractivity contribution in [1.29, 1.82) is 0 Å². The molecule has 3 aromatic rings. The van der Waals surface area contributed by atoms with Crippen LogP contribution in [-0.4, -0.2) is 53.1 Å². The Morgan fingerprint density at radius 2 is 2.15 bits per heavy atom. The molecule has 0 aliphatic heterocycles. The molecule has 2 heterocycles. The molecule has 0 saturated heterocycles. The van der Waals surface area contributed by atoms with Gasteiger partial charge < -0.3 is 19.8 Å². The van der Waals surface area contributed by atoms with E-state index in [2.05, 4.69) is 30.0 Å². The van der Waals surface area contributed by atoms with Gasteiger partial charge in [0, 0.05) is 25.5 Å². The third-order valence-electron chi connectivity index (χ3n) is 4.60. The number of H-pyrrole nitrogens is 1. The molecule has 11 heteroatoms. The van der Waals surface area contributed by atoms with Crippen LogP contribution in [0.3, 0.4) is 0 Å². The molecule has 0 spiro atoms. The normalized spacial score (nSPS) is 11.8. The van der Waals surface area contributed by atoms with Crippen molar-refractivity contribution in [1.82, 2.24) is 15.0 Å². The first-order chi connectivity index (χ1) is 16.0. The summed E-state index contributed by atoms with van der Waals surface area (Å²) in [5.41, 5.74) is -0.178. The van der Waals surface area contributed by atoms with Crippen LogP contribution in [0.4, 0.5) is 20.3 Å². The van der Waals surface area contributed by atoms with Crippen LogP contribution in [0.15, 0.2) is 41.8 Å². The minimum atomic E-state index is -0.946. The van der Waals surface area contributed by atoms with E-state index in [0.29, 0.717) is 29.3 Å². The highest BCUT2D eigenvalue weighted by Gasteiger charge is 2.25. The SMILES string of the molecule is CCCSNc1ccc(F)c(C(=O)c2c[nH]c3ncnc(NC/C=C\C(=N/C)OC)c23)c1F. The first kappa shape index (κ1) is 24.2. The zero-order chi connectivity index (χ0) is 23.8. The molecule has 1 aromatic carbocycles. The molecule has 0 aliphatic rings. The van der Waals surface area contributed by atoms with Crippen LogP contribution < -0.4 is 10.0 Å². The van der Waals surface area contributed by atoms with Gasteiger partial charge in [0.05, 0.1) is 29.3 Å². The highest BCUT2D eigenvalue weighted by atomic mass is 32.2. The second-order valence-corrected chi connectivity index (χ2v) is 7.66. The molecule has 0 bridgehead atoms. The molecular weight excluding hydrogens is 450 g/mol. The van der Waals surface area contributed by atoms with Crippen LogP contribution in [0.25, 0.3) is 11.0 Å². The van der Waals surface area contributed by atoms with E-state index in [-0.39, 0.29) is 11.3 Å².